The Labute approximate surface area is 115 Å². The van der Waals surface area contributed by atoms with Gasteiger partial charge in [-0.2, -0.15) is 0 Å². The van der Waals surface area contributed by atoms with Crippen LogP contribution in [0.1, 0.15) is 18.1 Å². The van der Waals surface area contributed by atoms with E-state index in [0.29, 0.717) is 25.8 Å². The molecule has 1 atom stereocenters. The summed E-state index contributed by atoms with van der Waals surface area (Å²) in [6.07, 6.45) is 1.00. The molecule has 19 heavy (non-hydrogen) atoms. The Balaban J connectivity index is 2.04. The molecule has 0 bridgehead atoms. The standard InChI is InChI=1S/C15H24N2O2/c1-11-8-14-15(19-7-6-18-14)9-13(11)4-5-17(3)12(2)10-16/h8-9,12H,4-7,10,16H2,1-3H3. The minimum atomic E-state index is 0.414. The molecule has 0 fully saturated rings. The van der Waals surface area contributed by atoms with Crippen LogP contribution in [0, 0.1) is 6.92 Å². The molecule has 2 rings (SSSR count). The number of aryl methyl sites for hydroxylation is 1. The quantitative estimate of drug-likeness (QED) is 0.877. The lowest BCUT2D eigenvalue weighted by molar-refractivity contribution is 0.171. The van der Waals surface area contributed by atoms with E-state index in [0.717, 1.165) is 24.5 Å². The fraction of sp³-hybridized carbons (Fsp3) is 0.600. The van der Waals surface area contributed by atoms with Crippen LogP contribution < -0.4 is 15.2 Å². The molecule has 0 saturated heterocycles. The van der Waals surface area contributed by atoms with E-state index in [-0.39, 0.29) is 0 Å². The highest BCUT2D eigenvalue weighted by Gasteiger charge is 2.15. The molecule has 1 aromatic rings. The molecule has 0 radical (unpaired) electrons. The van der Waals surface area contributed by atoms with Crippen LogP contribution in [0.3, 0.4) is 0 Å². The van der Waals surface area contributed by atoms with Gasteiger partial charge in [0.15, 0.2) is 11.5 Å². The Morgan fingerprint density at radius 3 is 2.53 bits per heavy atom. The van der Waals surface area contributed by atoms with E-state index in [1.54, 1.807) is 0 Å². The van der Waals surface area contributed by atoms with Gasteiger partial charge in [0.25, 0.3) is 0 Å². The van der Waals surface area contributed by atoms with Crippen LogP contribution in [-0.2, 0) is 6.42 Å². The zero-order chi connectivity index (χ0) is 13.8. The Morgan fingerprint density at radius 1 is 1.26 bits per heavy atom. The largest absolute Gasteiger partial charge is 0.486 e. The van der Waals surface area contributed by atoms with E-state index in [9.17, 15) is 0 Å². The Hall–Kier alpha value is -1.26. The molecule has 4 heteroatoms. The van der Waals surface area contributed by atoms with Gasteiger partial charge < -0.3 is 20.1 Å². The van der Waals surface area contributed by atoms with Crippen LogP contribution in [0.15, 0.2) is 12.1 Å². The molecule has 1 aliphatic heterocycles. The minimum Gasteiger partial charge on any atom is -0.486 e. The van der Waals surface area contributed by atoms with Crippen LogP contribution in [0.4, 0.5) is 0 Å². The van der Waals surface area contributed by atoms with Crippen molar-refractivity contribution in [1.29, 1.82) is 0 Å². The molecular formula is C15H24N2O2. The summed E-state index contributed by atoms with van der Waals surface area (Å²) in [5.74, 6) is 1.75. The first-order valence-electron chi connectivity index (χ1n) is 6.91. The monoisotopic (exact) mass is 264 g/mol. The van der Waals surface area contributed by atoms with Gasteiger partial charge in [-0.15, -0.1) is 0 Å². The number of fused-ring (bicyclic) bond motifs is 1. The second kappa shape index (κ2) is 6.26. The number of nitrogens with two attached hydrogens (primary N) is 1. The first-order valence-corrected chi connectivity index (χ1v) is 6.91. The number of likely N-dealkylation sites (N-methyl/N-ethyl adjacent to an activating group) is 1. The van der Waals surface area contributed by atoms with Gasteiger partial charge >= 0.3 is 0 Å². The normalized spacial score (nSPS) is 15.6. The van der Waals surface area contributed by atoms with Crippen molar-refractivity contribution in [1.82, 2.24) is 4.90 Å². The molecule has 1 aliphatic rings. The van der Waals surface area contributed by atoms with Crippen LogP contribution >= 0.6 is 0 Å². The van der Waals surface area contributed by atoms with E-state index >= 15 is 0 Å². The van der Waals surface area contributed by atoms with Crippen molar-refractivity contribution in [3.8, 4) is 11.5 Å². The predicted octanol–water partition coefficient (Wildman–Crippen LogP) is 1.59. The van der Waals surface area contributed by atoms with Gasteiger partial charge in [-0.25, -0.2) is 0 Å². The van der Waals surface area contributed by atoms with Crippen molar-refractivity contribution in [3.63, 3.8) is 0 Å². The molecule has 106 valence electrons. The van der Waals surface area contributed by atoms with Gasteiger partial charge in [0, 0.05) is 19.1 Å². The topological polar surface area (TPSA) is 47.7 Å². The summed E-state index contributed by atoms with van der Waals surface area (Å²) in [6, 6.07) is 4.61. The third-order valence-electron chi connectivity index (χ3n) is 3.83. The Bertz CT molecular complexity index is 434. The van der Waals surface area contributed by atoms with Gasteiger partial charge in [-0.1, -0.05) is 0 Å². The maximum atomic E-state index is 5.68. The third kappa shape index (κ3) is 3.39. The third-order valence-corrected chi connectivity index (χ3v) is 3.83. The van der Waals surface area contributed by atoms with Crippen LogP contribution in [0.2, 0.25) is 0 Å². The fourth-order valence-electron chi connectivity index (χ4n) is 2.20. The van der Waals surface area contributed by atoms with E-state index in [1.165, 1.54) is 11.1 Å². The predicted molar refractivity (Wildman–Crippen MR) is 77.0 cm³/mol. The molecule has 0 amide bonds. The summed E-state index contributed by atoms with van der Waals surface area (Å²) in [7, 11) is 2.12. The maximum Gasteiger partial charge on any atom is 0.161 e. The Morgan fingerprint density at radius 2 is 1.89 bits per heavy atom. The molecule has 0 aromatic heterocycles. The molecule has 0 saturated carbocycles. The molecular weight excluding hydrogens is 240 g/mol. The lowest BCUT2D eigenvalue weighted by atomic mass is 10.0. The number of rotatable bonds is 5. The summed E-state index contributed by atoms with van der Waals surface area (Å²) >= 11 is 0. The van der Waals surface area contributed by atoms with Crippen LogP contribution in [0.5, 0.6) is 11.5 Å². The summed E-state index contributed by atoms with van der Waals surface area (Å²) < 4.78 is 11.2. The van der Waals surface area contributed by atoms with Crippen LogP contribution in [-0.4, -0.2) is 44.3 Å². The van der Waals surface area contributed by atoms with Gasteiger partial charge in [0.1, 0.15) is 13.2 Å². The van der Waals surface area contributed by atoms with Crippen molar-refractivity contribution in [3.05, 3.63) is 23.3 Å². The van der Waals surface area contributed by atoms with Gasteiger partial charge in [-0.05, 0) is 50.6 Å². The SMILES string of the molecule is Cc1cc2c(cc1CCN(C)C(C)CN)OCCO2. The number of hydrogen-bond acceptors (Lipinski definition) is 4. The zero-order valence-corrected chi connectivity index (χ0v) is 12.1. The van der Waals surface area contributed by atoms with Crippen LogP contribution in [0.25, 0.3) is 0 Å². The van der Waals surface area contributed by atoms with Crippen molar-refractivity contribution in [2.24, 2.45) is 5.73 Å². The molecule has 2 N–H and O–H groups in total. The molecule has 0 aliphatic carbocycles. The van der Waals surface area contributed by atoms with Crippen molar-refractivity contribution < 1.29 is 9.47 Å². The molecule has 0 spiro atoms. The van der Waals surface area contributed by atoms with Gasteiger partial charge in [0.05, 0.1) is 0 Å². The smallest absolute Gasteiger partial charge is 0.161 e. The molecule has 4 nitrogen and oxygen atoms in total. The highest BCUT2D eigenvalue weighted by molar-refractivity contribution is 5.47. The van der Waals surface area contributed by atoms with E-state index in [2.05, 4.69) is 37.9 Å². The number of ether oxygens (including phenoxy) is 2. The van der Waals surface area contributed by atoms with E-state index in [4.69, 9.17) is 15.2 Å². The highest BCUT2D eigenvalue weighted by atomic mass is 16.6. The van der Waals surface area contributed by atoms with Crippen molar-refractivity contribution in [2.45, 2.75) is 26.3 Å². The summed E-state index contributed by atoms with van der Waals surface area (Å²) in [5, 5.41) is 0. The molecule has 1 aromatic carbocycles. The number of benzene rings is 1. The fourth-order valence-corrected chi connectivity index (χ4v) is 2.20. The maximum absolute atomic E-state index is 5.68. The average molecular weight is 264 g/mol. The molecule has 1 unspecified atom stereocenters. The summed E-state index contributed by atoms with van der Waals surface area (Å²) in [5.41, 5.74) is 8.27. The number of nitrogens with zero attached hydrogens (tertiary/aromatic N) is 1. The lowest BCUT2D eigenvalue weighted by Crippen LogP contribution is -2.36. The van der Waals surface area contributed by atoms with Crippen molar-refractivity contribution >= 4 is 0 Å². The van der Waals surface area contributed by atoms with E-state index < -0.39 is 0 Å². The second-order valence-electron chi connectivity index (χ2n) is 5.24. The summed E-state index contributed by atoms with van der Waals surface area (Å²) in [6.45, 7) is 7.24. The Kier molecular flexibility index (Phi) is 4.66. The highest BCUT2D eigenvalue weighted by Crippen LogP contribution is 2.33. The second-order valence-corrected chi connectivity index (χ2v) is 5.24. The summed E-state index contributed by atoms with van der Waals surface area (Å²) in [4.78, 5) is 2.29. The lowest BCUT2D eigenvalue weighted by Gasteiger charge is -2.24. The zero-order valence-electron chi connectivity index (χ0n) is 12.1. The van der Waals surface area contributed by atoms with Gasteiger partial charge in [0.2, 0.25) is 0 Å². The van der Waals surface area contributed by atoms with Crippen molar-refractivity contribution in [2.75, 3.05) is 33.4 Å². The average Bonchev–Trinajstić information content (AvgIpc) is 2.43. The molecule has 1 heterocycles. The minimum absolute atomic E-state index is 0.414. The van der Waals surface area contributed by atoms with Gasteiger partial charge in [-0.3, -0.25) is 0 Å². The number of hydrogen-bond donors (Lipinski definition) is 1. The first-order chi connectivity index (χ1) is 9.11. The van der Waals surface area contributed by atoms with E-state index in [1.807, 2.05) is 0 Å². The first kappa shape index (κ1) is 14.2.